The summed E-state index contributed by atoms with van der Waals surface area (Å²) in [5.74, 6) is -3.49. The van der Waals surface area contributed by atoms with Gasteiger partial charge in [0, 0.05) is 43.4 Å². The monoisotopic (exact) mass is 749 g/mol. The van der Waals surface area contributed by atoms with Crippen LogP contribution >= 0.6 is 0 Å². The Morgan fingerprint density at radius 1 is 1.07 bits per heavy atom. The van der Waals surface area contributed by atoms with Crippen molar-refractivity contribution in [3.63, 3.8) is 0 Å². The van der Waals surface area contributed by atoms with Crippen LogP contribution in [-0.2, 0) is 42.8 Å². The third kappa shape index (κ3) is 7.87. The molecule has 2 bridgehead atoms. The molecule has 1 spiro atoms. The molecule has 12 atom stereocenters. The Kier molecular flexibility index (Phi) is 12.3. The van der Waals surface area contributed by atoms with Crippen molar-refractivity contribution in [2.45, 2.75) is 127 Å². The van der Waals surface area contributed by atoms with Gasteiger partial charge in [0.15, 0.2) is 17.8 Å². The Morgan fingerprint density at radius 2 is 1.83 bits per heavy atom. The molecule has 0 saturated carbocycles. The first-order valence-corrected chi connectivity index (χ1v) is 19.1. The van der Waals surface area contributed by atoms with Crippen LogP contribution in [0.5, 0.6) is 0 Å². The Bertz CT molecular complexity index is 1690. The fourth-order valence-electron chi connectivity index (χ4n) is 8.66. The maximum absolute atomic E-state index is 14.3. The molecule has 0 radical (unpaired) electrons. The van der Waals surface area contributed by atoms with E-state index in [4.69, 9.17) is 33.3 Å². The van der Waals surface area contributed by atoms with Crippen molar-refractivity contribution in [3.8, 4) is 0 Å². The second kappa shape index (κ2) is 16.6. The predicted molar refractivity (Wildman–Crippen MR) is 199 cm³/mol. The molecule has 1 aromatic rings. The number of carbonyl (C=O) groups is 2. The topological polar surface area (TPSA) is 152 Å². The summed E-state index contributed by atoms with van der Waals surface area (Å²) < 4.78 is 37.8. The van der Waals surface area contributed by atoms with Gasteiger partial charge >= 0.3 is 11.9 Å². The summed E-state index contributed by atoms with van der Waals surface area (Å²) >= 11 is 0. The molecule has 4 aliphatic heterocycles. The van der Waals surface area contributed by atoms with Crippen LogP contribution < -0.4 is 0 Å². The first kappa shape index (κ1) is 40.0. The van der Waals surface area contributed by atoms with Crippen LogP contribution in [0.25, 0.3) is 0 Å². The number of hydrogen-bond acceptors (Lipinski definition) is 12. The maximum Gasteiger partial charge on any atom is 0.361 e. The van der Waals surface area contributed by atoms with Crippen molar-refractivity contribution in [3.05, 3.63) is 83.0 Å². The highest BCUT2D eigenvalue weighted by molar-refractivity contribution is 6.43. The second-order valence-corrected chi connectivity index (χ2v) is 15.4. The SMILES string of the molecule is CCC1OC2(CC[C@@H]1C)CC1CC(C/C=C(\C)C(OC(=O)/C(=N/OC)c3ccccc3)[C@@H](C)/C=C/C=C3\[C@@H](OC)OC4[C@H](O)C(C)=CC(C(=O)O1)[C@]34O)O2. The fraction of sp³-hybridized carbons (Fsp3) is 0.595. The third-order valence-electron chi connectivity index (χ3n) is 11.6. The lowest BCUT2D eigenvalue weighted by atomic mass is 9.70. The average molecular weight is 750 g/mol. The third-order valence-corrected chi connectivity index (χ3v) is 11.6. The summed E-state index contributed by atoms with van der Waals surface area (Å²) in [4.78, 5) is 33.1. The zero-order valence-corrected chi connectivity index (χ0v) is 32.3. The van der Waals surface area contributed by atoms with E-state index in [2.05, 4.69) is 19.0 Å². The quantitative estimate of drug-likeness (QED) is 0.165. The summed E-state index contributed by atoms with van der Waals surface area (Å²) in [7, 11) is 2.81. The van der Waals surface area contributed by atoms with Crippen molar-refractivity contribution in [1.82, 2.24) is 0 Å². The number of carbonyl (C=O) groups excluding carboxylic acids is 2. The van der Waals surface area contributed by atoms with Crippen molar-refractivity contribution in [2.24, 2.45) is 22.9 Å². The number of esters is 2. The van der Waals surface area contributed by atoms with Crippen LogP contribution in [-0.4, -0.2) is 96.4 Å². The minimum atomic E-state index is -1.99. The predicted octanol–water partition coefficient (Wildman–Crippen LogP) is 5.47. The molecule has 1 aliphatic carbocycles. The standard InChI is InChI=1S/C42H55NO11/c1-8-33-24(2)19-20-41(54-33)23-30-22-29(53-41)18-17-26(4)36(51-39(46)34(43-49-7)28-14-10-9-11-15-28)25(3)13-12-16-31-40(48-6)52-37-35(44)27(5)21-32(38(45)50-30)42(31,37)47/h9-17,21,24-25,29-30,32-33,35-37,40,44,47H,8,18-20,22-23H2,1-7H3/b13-12+,26-17+,31-16+,43-34+/t24-,25-,29?,30?,32?,33?,35+,36?,37?,40-,41?,42+/m0/s1. The van der Waals surface area contributed by atoms with Crippen LogP contribution in [0.2, 0.25) is 0 Å². The number of nitrogens with zero attached hydrogens (tertiary/aromatic N) is 1. The number of aliphatic hydroxyl groups is 2. The normalized spacial score (nSPS) is 41.3. The maximum atomic E-state index is 14.3. The van der Waals surface area contributed by atoms with E-state index in [1.807, 2.05) is 32.1 Å². The van der Waals surface area contributed by atoms with Crippen molar-refractivity contribution in [1.29, 1.82) is 0 Å². The van der Waals surface area contributed by atoms with Gasteiger partial charge in [-0.15, -0.1) is 0 Å². The molecule has 5 aliphatic rings. The number of allylic oxidation sites excluding steroid dienone is 2. The Balaban J connectivity index is 1.42. The second-order valence-electron chi connectivity index (χ2n) is 15.4. The highest BCUT2D eigenvalue weighted by Crippen LogP contribution is 2.49. The lowest BCUT2D eigenvalue weighted by Crippen LogP contribution is -2.58. The fourth-order valence-corrected chi connectivity index (χ4v) is 8.66. The first-order chi connectivity index (χ1) is 25.8. The molecule has 3 saturated heterocycles. The summed E-state index contributed by atoms with van der Waals surface area (Å²) in [5, 5.41) is 27.8. The van der Waals surface area contributed by atoms with Gasteiger partial charge in [-0.25, -0.2) is 4.79 Å². The zero-order chi connectivity index (χ0) is 38.8. The molecule has 2 N–H and O–H groups in total. The number of benzene rings is 1. The van der Waals surface area contributed by atoms with Crippen LogP contribution in [0.1, 0.15) is 78.7 Å². The lowest BCUT2D eigenvalue weighted by molar-refractivity contribution is -0.335. The molecule has 1 aromatic carbocycles. The van der Waals surface area contributed by atoms with Gasteiger partial charge in [0.1, 0.15) is 43.0 Å². The van der Waals surface area contributed by atoms with Gasteiger partial charge in [0.2, 0.25) is 0 Å². The molecular weight excluding hydrogens is 694 g/mol. The van der Waals surface area contributed by atoms with E-state index in [-0.39, 0.29) is 23.3 Å². The first-order valence-electron chi connectivity index (χ1n) is 19.1. The summed E-state index contributed by atoms with van der Waals surface area (Å²) in [5.41, 5.74) is 0.0966. The molecule has 4 heterocycles. The van der Waals surface area contributed by atoms with Gasteiger partial charge in [-0.1, -0.05) is 86.6 Å². The van der Waals surface area contributed by atoms with E-state index in [0.717, 1.165) is 18.4 Å². The van der Waals surface area contributed by atoms with Crippen molar-refractivity contribution in [2.75, 3.05) is 14.2 Å². The van der Waals surface area contributed by atoms with Gasteiger partial charge in [-0.2, -0.15) is 0 Å². The molecule has 0 amide bonds. The molecule has 294 valence electrons. The number of aliphatic hydroxyl groups excluding tert-OH is 1. The summed E-state index contributed by atoms with van der Waals surface area (Å²) in [6, 6.07) is 8.96. The van der Waals surface area contributed by atoms with Crippen LogP contribution in [0.15, 0.2) is 82.6 Å². The molecule has 12 heteroatoms. The average Bonchev–Trinajstić information content (AvgIpc) is 3.46. The van der Waals surface area contributed by atoms with Crippen molar-refractivity contribution >= 4 is 17.7 Å². The van der Waals surface area contributed by atoms with Crippen LogP contribution in [0.3, 0.4) is 0 Å². The van der Waals surface area contributed by atoms with E-state index in [1.54, 1.807) is 49.4 Å². The number of fused-ring (bicyclic) bond motifs is 2. The van der Waals surface area contributed by atoms with E-state index >= 15 is 0 Å². The zero-order valence-electron chi connectivity index (χ0n) is 32.3. The van der Waals surface area contributed by atoms with Crippen molar-refractivity contribution < 1.29 is 53.1 Å². The number of hydrogen-bond donors (Lipinski definition) is 2. The Labute approximate surface area is 317 Å². The highest BCUT2D eigenvalue weighted by atomic mass is 16.7. The minimum Gasteiger partial charge on any atom is -0.462 e. The van der Waals surface area contributed by atoms with Crippen LogP contribution in [0, 0.1) is 17.8 Å². The van der Waals surface area contributed by atoms with E-state index in [1.165, 1.54) is 14.2 Å². The van der Waals surface area contributed by atoms with Gasteiger partial charge in [0.25, 0.3) is 0 Å². The molecule has 54 heavy (non-hydrogen) atoms. The van der Waals surface area contributed by atoms with E-state index in [0.29, 0.717) is 42.7 Å². The number of methoxy groups -OCH3 is 1. The molecule has 7 unspecified atom stereocenters. The molecule has 6 rings (SSSR count). The summed E-state index contributed by atoms with van der Waals surface area (Å²) in [6.07, 6.45) is 7.07. The smallest absolute Gasteiger partial charge is 0.361 e. The summed E-state index contributed by atoms with van der Waals surface area (Å²) in [6.45, 7) is 9.79. The Hall–Kier alpha value is -3.65. The van der Waals surface area contributed by atoms with Gasteiger partial charge in [-0.3, -0.25) is 4.79 Å². The largest absolute Gasteiger partial charge is 0.462 e. The minimum absolute atomic E-state index is 0.0193. The molecule has 0 aromatic heterocycles. The highest BCUT2D eigenvalue weighted by Gasteiger charge is 2.63. The number of rotatable bonds is 6. The van der Waals surface area contributed by atoms with E-state index < -0.39 is 66.1 Å². The van der Waals surface area contributed by atoms with E-state index in [9.17, 15) is 19.8 Å². The van der Waals surface area contributed by atoms with Gasteiger partial charge in [0.05, 0.1) is 12.2 Å². The Morgan fingerprint density at radius 3 is 2.54 bits per heavy atom. The lowest BCUT2D eigenvalue weighted by Gasteiger charge is -2.50. The number of ether oxygens (including phenoxy) is 6. The van der Waals surface area contributed by atoms with Gasteiger partial charge < -0.3 is 43.5 Å². The molecule has 3 fully saturated rings. The van der Waals surface area contributed by atoms with Gasteiger partial charge in [-0.05, 0) is 50.2 Å². The molecular formula is C42H55NO11. The van der Waals surface area contributed by atoms with Crippen LogP contribution in [0.4, 0.5) is 0 Å². The molecule has 12 nitrogen and oxygen atoms in total. The number of oxime groups is 1.